The van der Waals surface area contributed by atoms with Crippen molar-refractivity contribution in [3.8, 4) is 0 Å². The number of hydrogen-bond acceptors (Lipinski definition) is 4. The molecule has 3 N–H and O–H groups in total. The Bertz CT molecular complexity index is 252. The third-order valence-electron chi connectivity index (χ3n) is 4.44. The van der Waals surface area contributed by atoms with Gasteiger partial charge < -0.3 is 9.47 Å². The first-order valence-electron chi connectivity index (χ1n) is 7.33. The molecule has 2 aliphatic rings. The zero-order chi connectivity index (χ0) is 13.0. The lowest BCUT2D eigenvalue weighted by molar-refractivity contribution is -0.103. The van der Waals surface area contributed by atoms with Crippen LogP contribution in [-0.2, 0) is 9.47 Å². The van der Waals surface area contributed by atoms with E-state index >= 15 is 0 Å². The van der Waals surface area contributed by atoms with Crippen LogP contribution in [0.1, 0.15) is 46.0 Å². The molecule has 0 aromatic heterocycles. The first-order valence-corrected chi connectivity index (χ1v) is 7.33. The second kappa shape index (κ2) is 6.33. The second-order valence-corrected chi connectivity index (χ2v) is 6.33. The van der Waals surface area contributed by atoms with E-state index in [1.807, 2.05) is 0 Å². The van der Waals surface area contributed by atoms with Gasteiger partial charge in [0, 0.05) is 25.7 Å². The second-order valence-electron chi connectivity index (χ2n) is 6.33. The van der Waals surface area contributed by atoms with Crippen molar-refractivity contribution in [3.05, 3.63) is 0 Å². The summed E-state index contributed by atoms with van der Waals surface area (Å²) in [7, 11) is 0. The molecule has 4 heteroatoms. The minimum Gasteiger partial charge on any atom is -0.378 e. The van der Waals surface area contributed by atoms with Crippen molar-refractivity contribution in [1.29, 1.82) is 0 Å². The summed E-state index contributed by atoms with van der Waals surface area (Å²) < 4.78 is 11.5. The highest BCUT2D eigenvalue weighted by Gasteiger charge is 2.42. The van der Waals surface area contributed by atoms with Gasteiger partial charge in [-0.05, 0) is 37.5 Å². The van der Waals surface area contributed by atoms with Crippen LogP contribution in [0.2, 0.25) is 0 Å². The number of nitrogens with two attached hydrogens (primary N) is 1. The van der Waals surface area contributed by atoms with E-state index in [2.05, 4.69) is 19.3 Å². The topological polar surface area (TPSA) is 56.5 Å². The fraction of sp³-hybridized carbons (Fsp3) is 1.00. The number of rotatable bonds is 5. The third-order valence-corrected chi connectivity index (χ3v) is 4.44. The van der Waals surface area contributed by atoms with Gasteiger partial charge in [0.1, 0.15) is 0 Å². The van der Waals surface area contributed by atoms with E-state index in [9.17, 15) is 0 Å². The van der Waals surface area contributed by atoms with Crippen LogP contribution in [0.25, 0.3) is 0 Å². The van der Waals surface area contributed by atoms with Crippen molar-refractivity contribution in [3.63, 3.8) is 0 Å². The van der Waals surface area contributed by atoms with Crippen molar-refractivity contribution >= 4 is 0 Å². The van der Waals surface area contributed by atoms with Gasteiger partial charge in [0.15, 0.2) is 0 Å². The summed E-state index contributed by atoms with van der Waals surface area (Å²) in [6.45, 7) is 7.01. The normalized spacial score (nSPS) is 34.3. The van der Waals surface area contributed by atoms with E-state index in [0.29, 0.717) is 12.0 Å². The average molecular weight is 256 g/mol. The van der Waals surface area contributed by atoms with Gasteiger partial charge in [0.05, 0.1) is 12.2 Å². The molecular formula is C14H28N2O2. The van der Waals surface area contributed by atoms with Gasteiger partial charge in [0.25, 0.3) is 0 Å². The molecule has 0 aliphatic carbocycles. The van der Waals surface area contributed by atoms with Crippen LogP contribution in [0.4, 0.5) is 0 Å². The summed E-state index contributed by atoms with van der Waals surface area (Å²) in [6.07, 6.45) is 5.66. The summed E-state index contributed by atoms with van der Waals surface area (Å²) in [5.74, 6) is 7.12. The molecule has 18 heavy (non-hydrogen) atoms. The fourth-order valence-electron chi connectivity index (χ4n) is 3.24. The largest absolute Gasteiger partial charge is 0.378 e. The Morgan fingerprint density at radius 2 is 2.17 bits per heavy atom. The zero-order valence-electron chi connectivity index (χ0n) is 11.8. The van der Waals surface area contributed by atoms with Crippen LogP contribution >= 0.6 is 0 Å². The van der Waals surface area contributed by atoms with E-state index in [1.165, 1.54) is 6.42 Å². The fourth-order valence-corrected chi connectivity index (χ4v) is 3.24. The Kier molecular flexibility index (Phi) is 5.01. The third kappa shape index (κ3) is 3.44. The number of hydrazine groups is 1. The van der Waals surface area contributed by atoms with Crippen LogP contribution in [0.5, 0.6) is 0 Å². The molecular weight excluding hydrogens is 228 g/mol. The Labute approximate surface area is 111 Å². The maximum atomic E-state index is 5.98. The van der Waals surface area contributed by atoms with Gasteiger partial charge in [-0.25, -0.2) is 0 Å². The quantitative estimate of drug-likeness (QED) is 0.582. The molecule has 0 amide bonds. The van der Waals surface area contributed by atoms with Crippen LogP contribution in [0.15, 0.2) is 0 Å². The van der Waals surface area contributed by atoms with Crippen molar-refractivity contribution in [1.82, 2.24) is 5.43 Å². The summed E-state index contributed by atoms with van der Waals surface area (Å²) in [5.41, 5.74) is 3.03. The molecule has 2 fully saturated rings. The summed E-state index contributed by atoms with van der Waals surface area (Å²) in [5, 5.41) is 0. The molecule has 2 aliphatic heterocycles. The highest BCUT2D eigenvalue weighted by Crippen LogP contribution is 2.37. The smallest absolute Gasteiger partial charge is 0.0939 e. The highest BCUT2D eigenvalue weighted by molar-refractivity contribution is 4.93. The molecule has 3 unspecified atom stereocenters. The molecule has 106 valence electrons. The predicted octanol–water partition coefficient (Wildman–Crippen LogP) is 1.84. The first kappa shape index (κ1) is 14.3. The molecule has 0 saturated carbocycles. The van der Waals surface area contributed by atoms with Crippen molar-refractivity contribution in [2.45, 2.75) is 57.6 Å². The van der Waals surface area contributed by atoms with Crippen molar-refractivity contribution in [2.24, 2.45) is 17.7 Å². The highest BCUT2D eigenvalue weighted by atomic mass is 16.6. The lowest BCUT2D eigenvalue weighted by Gasteiger charge is -2.40. The van der Waals surface area contributed by atoms with E-state index in [4.69, 9.17) is 15.3 Å². The minimum atomic E-state index is -0.00412. The number of ether oxygens (including phenoxy) is 2. The maximum absolute atomic E-state index is 5.98. The van der Waals surface area contributed by atoms with Gasteiger partial charge in [-0.15, -0.1) is 0 Å². The van der Waals surface area contributed by atoms with Gasteiger partial charge >= 0.3 is 0 Å². The SMILES string of the molecule is CC(C)CCC(NN)C1CCOC2(CCOC2)C1. The van der Waals surface area contributed by atoms with Gasteiger partial charge in [-0.3, -0.25) is 11.3 Å². The first-order chi connectivity index (χ1) is 8.65. The Morgan fingerprint density at radius 1 is 1.33 bits per heavy atom. The Balaban J connectivity index is 1.89. The molecule has 0 aromatic rings. The van der Waals surface area contributed by atoms with E-state index in [0.717, 1.165) is 51.4 Å². The molecule has 2 saturated heterocycles. The lowest BCUT2D eigenvalue weighted by atomic mass is 9.79. The Morgan fingerprint density at radius 3 is 2.78 bits per heavy atom. The predicted molar refractivity (Wildman–Crippen MR) is 72.0 cm³/mol. The average Bonchev–Trinajstić information content (AvgIpc) is 2.78. The summed E-state index contributed by atoms with van der Waals surface area (Å²) in [4.78, 5) is 0. The number of nitrogens with one attached hydrogen (secondary N) is 1. The molecule has 0 bridgehead atoms. The van der Waals surface area contributed by atoms with Gasteiger partial charge in [-0.1, -0.05) is 13.8 Å². The molecule has 0 aromatic carbocycles. The summed E-state index contributed by atoms with van der Waals surface area (Å²) in [6, 6.07) is 0.425. The van der Waals surface area contributed by atoms with E-state index in [1.54, 1.807) is 0 Å². The van der Waals surface area contributed by atoms with Crippen LogP contribution < -0.4 is 11.3 Å². The van der Waals surface area contributed by atoms with E-state index < -0.39 is 0 Å². The molecule has 0 radical (unpaired) electrons. The zero-order valence-corrected chi connectivity index (χ0v) is 11.8. The Hall–Kier alpha value is -0.160. The van der Waals surface area contributed by atoms with Crippen LogP contribution in [0.3, 0.4) is 0 Å². The summed E-state index contributed by atoms with van der Waals surface area (Å²) >= 11 is 0. The molecule has 3 atom stereocenters. The number of hydrogen-bond donors (Lipinski definition) is 2. The minimum absolute atomic E-state index is 0.00412. The molecule has 1 spiro atoms. The lowest BCUT2D eigenvalue weighted by Crippen LogP contribution is -2.49. The van der Waals surface area contributed by atoms with E-state index in [-0.39, 0.29) is 5.60 Å². The standard InChI is InChI=1S/C14H28N2O2/c1-11(2)3-4-13(16-15)12-5-7-18-14(9-12)6-8-17-10-14/h11-13,16H,3-10,15H2,1-2H3. The molecule has 2 rings (SSSR count). The van der Waals surface area contributed by atoms with Crippen LogP contribution in [0, 0.1) is 11.8 Å². The van der Waals surface area contributed by atoms with Gasteiger partial charge in [-0.2, -0.15) is 0 Å². The maximum Gasteiger partial charge on any atom is 0.0939 e. The monoisotopic (exact) mass is 256 g/mol. The van der Waals surface area contributed by atoms with Gasteiger partial charge in [0.2, 0.25) is 0 Å². The molecule has 2 heterocycles. The molecule has 4 nitrogen and oxygen atoms in total. The van der Waals surface area contributed by atoms with Crippen molar-refractivity contribution < 1.29 is 9.47 Å². The van der Waals surface area contributed by atoms with Crippen molar-refractivity contribution in [2.75, 3.05) is 19.8 Å². The van der Waals surface area contributed by atoms with Crippen LogP contribution in [-0.4, -0.2) is 31.5 Å².